The number of fused-ring (bicyclic) bond motifs is 1. The normalized spacial score (nSPS) is 13.4. The Kier molecular flexibility index (Phi) is 2.39. The van der Waals surface area contributed by atoms with E-state index in [1.807, 2.05) is 19.1 Å². The standard InChI is InChI=1S/C9H11ClN4/c1-6(11)5-8-12-9-4-2-3-7(10)14(9)13-8/h2-4,6H,5,11H2,1H3. The van der Waals surface area contributed by atoms with Crippen LogP contribution in [-0.4, -0.2) is 20.6 Å². The molecule has 5 heteroatoms. The first-order valence-corrected chi connectivity index (χ1v) is 4.80. The van der Waals surface area contributed by atoms with Crippen LogP contribution in [0.25, 0.3) is 5.65 Å². The van der Waals surface area contributed by atoms with Crippen LogP contribution in [0.1, 0.15) is 12.7 Å². The maximum Gasteiger partial charge on any atom is 0.157 e. The van der Waals surface area contributed by atoms with E-state index in [-0.39, 0.29) is 6.04 Å². The predicted octanol–water partition coefficient (Wildman–Crippen LogP) is 1.27. The van der Waals surface area contributed by atoms with Crippen molar-refractivity contribution in [2.75, 3.05) is 0 Å². The molecule has 2 rings (SSSR count). The lowest BCUT2D eigenvalue weighted by atomic mass is 10.2. The quantitative estimate of drug-likeness (QED) is 0.760. The van der Waals surface area contributed by atoms with Gasteiger partial charge in [-0.2, -0.15) is 0 Å². The van der Waals surface area contributed by atoms with Gasteiger partial charge >= 0.3 is 0 Å². The van der Waals surface area contributed by atoms with E-state index in [0.717, 1.165) is 11.5 Å². The highest BCUT2D eigenvalue weighted by atomic mass is 35.5. The maximum atomic E-state index is 5.94. The lowest BCUT2D eigenvalue weighted by Crippen LogP contribution is -2.18. The van der Waals surface area contributed by atoms with Gasteiger partial charge in [-0.15, -0.1) is 5.10 Å². The van der Waals surface area contributed by atoms with E-state index in [1.165, 1.54) is 0 Å². The zero-order chi connectivity index (χ0) is 10.1. The van der Waals surface area contributed by atoms with Crippen molar-refractivity contribution in [3.8, 4) is 0 Å². The molecule has 74 valence electrons. The lowest BCUT2D eigenvalue weighted by molar-refractivity contribution is 0.700. The summed E-state index contributed by atoms with van der Waals surface area (Å²) in [5, 5.41) is 4.81. The number of nitrogens with two attached hydrogens (primary N) is 1. The molecule has 0 amide bonds. The molecule has 2 heterocycles. The molecular formula is C9H11ClN4. The first kappa shape index (κ1) is 9.43. The van der Waals surface area contributed by atoms with Crippen molar-refractivity contribution in [3.63, 3.8) is 0 Å². The van der Waals surface area contributed by atoms with Crippen LogP contribution in [0, 0.1) is 0 Å². The Hall–Kier alpha value is -1.13. The molecule has 0 radical (unpaired) electrons. The highest BCUT2D eigenvalue weighted by Crippen LogP contribution is 2.11. The Labute approximate surface area is 86.7 Å². The van der Waals surface area contributed by atoms with Crippen LogP contribution in [-0.2, 0) is 6.42 Å². The molecule has 2 N–H and O–H groups in total. The van der Waals surface area contributed by atoms with Gasteiger partial charge in [0.2, 0.25) is 0 Å². The van der Waals surface area contributed by atoms with E-state index in [1.54, 1.807) is 10.6 Å². The van der Waals surface area contributed by atoms with Gasteiger partial charge in [-0.3, -0.25) is 0 Å². The highest BCUT2D eigenvalue weighted by Gasteiger charge is 2.06. The number of hydrogen-bond donors (Lipinski definition) is 1. The molecule has 0 aliphatic rings. The summed E-state index contributed by atoms with van der Waals surface area (Å²) in [6, 6.07) is 5.55. The molecule has 0 fully saturated rings. The predicted molar refractivity (Wildman–Crippen MR) is 55.4 cm³/mol. The summed E-state index contributed by atoms with van der Waals surface area (Å²) < 4.78 is 1.61. The third kappa shape index (κ3) is 1.71. The zero-order valence-electron chi connectivity index (χ0n) is 7.81. The van der Waals surface area contributed by atoms with Crippen molar-refractivity contribution < 1.29 is 0 Å². The van der Waals surface area contributed by atoms with Crippen LogP contribution in [0.4, 0.5) is 0 Å². The fraction of sp³-hybridized carbons (Fsp3) is 0.333. The van der Waals surface area contributed by atoms with Crippen molar-refractivity contribution in [1.82, 2.24) is 14.6 Å². The maximum absolute atomic E-state index is 5.94. The zero-order valence-corrected chi connectivity index (χ0v) is 8.57. The summed E-state index contributed by atoms with van der Waals surface area (Å²) in [5.74, 6) is 0.730. The Morgan fingerprint density at radius 1 is 1.57 bits per heavy atom. The third-order valence-corrected chi connectivity index (χ3v) is 2.15. The fourth-order valence-electron chi connectivity index (χ4n) is 1.29. The molecule has 0 spiro atoms. The van der Waals surface area contributed by atoms with Crippen LogP contribution in [0.2, 0.25) is 5.15 Å². The molecule has 14 heavy (non-hydrogen) atoms. The number of rotatable bonds is 2. The average molecular weight is 211 g/mol. The molecule has 0 aliphatic heterocycles. The van der Waals surface area contributed by atoms with Crippen molar-refractivity contribution in [2.24, 2.45) is 5.73 Å². The highest BCUT2D eigenvalue weighted by molar-refractivity contribution is 6.29. The Morgan fingerprint density at radius 3 is 3.00 bits per heavy atom. The van der Waals surface area contributed by atoms with Gasteiger partial charge in [0.25, 0.3) is 0 Å². The molecule has 0 aliphatic carbocycles. The van der Waals surface area contributed by atoms with Gasteiger partial charge in [0.15, 0.2) is 11.5 Å². The van der Waals surface area contributed by atoms with Crippen LogP contribution in [0.15, 0.2) is 18.2 Å². The summed E-state index contributed by atoms with van der Waals surface area (Å²) in [5.41, 5.74) is 6.42. The van der Waals surface area contributed by atoms with Crippen molar-refractivity contribution in [1.29, 1.82) is 0 Å². The molecule has 0 aromatic carbocycles. The number of hydrogen-bond acceptors (Lipinski definition) is 3. The first-order valence-electron chi connectivity index (χ1n) is 4.42. The van der Waals surface area contributed by atoms with Crippen LogP contribution in [0.3, 0.4) is 0 Å². The monoisotopic (exact) mass is 210 g/mol. The first-order chi connectivity index (χ1) is 6.66. The van der Waals surface area contributed by atoms with E-state index < -0.39 is 0 Å². The molecule has 0 saturated carbocycles. The van der Waals surface area contributed by atoms with Gasteiger partial charge in [-0.05, 0) is 19.1 Å². The Morgan fingerprint density at radius 2 is 2.36 bits per heavy atom. The number of pyridine rings is 1. The largest absolute Gasteiger partial charge is 0.328 e. The summed E-state index contributed by atoms with van der Waals surface area (Å²) in [6.45, 7) is 1.92. The minimum Gasteiger partial charge on any atom is -0.328 e. The third-order valence-electron chi connectivity index (χ3n) is 1.86. The van der Waals surface area contributed by atoms with Gasteiger partial charge < -0.3 is 5.73 Å². The molecule has 4 nitrogen and oxygen atoms in total. The van der Waals surface area contributed by atoms with Gasteiger partial charge in [0.1, 0.15) is 5.15 Å². The number of halogens is 1. The molecule has 0 saturated heterocycles. The molecule has 1 unspecified atom stereocenters. The summed E-state index contributed by atoms with van der Waals surface area (Å²) in [7, 11) is 0. The average Bonchev–Trinajstić information content (AvgIpc) is 2.47. The topological polar surface area (TPSA) is 56.2 Å². The molecule has 0 bridgehead atoms. The van der Waals surface area contributed by atoms with E-state index in [0.29, 0.717) is 11.6 Å². The van der Waals surface area contributed by atoms with Gasteiger partial charge in [-0.1, -0.05) is 17.7 Å². The van der Waals surface area contributed by atoms with E-state index in [2.05, 4.69) is 10.1 Å². The van der Waals surface area contributed by atoms with Crippen molar-refractivity contribution in [3.05, 3.63) is 29.2 Å². The summed E-state index contributed by atoms with van der Waals surface area (Å²) in [4.78, 5) is 4.30. The summed E-state index contributed by atoms with van der Waals surface area (Å²) in [6.07, 6.45) is 0.665. The second-order valence-electron chi connectivity index (χ2n) is 3.33. The molecule has 1 atom stereocenters. The van der Waals surface area contributed by atoms with Crippen molar-refractivity contribution >= 4 is 17.2 Å². The number of nitrogens with zero attached hydrogens (tertiary/aromatic N) is 3. The van der Waals surface area contributed by atoms with E-state index >= 15 is 0 Å². The van der Waals surface area contributed by atoms with Crippen LogP contribution < -0.4 is 5.73 Å². The minimum atomic E-state index is 0.0613. The van der Waals surface area contributed by atoms with Gasteiger partial charge in [-0.25, -0.2) is 9.50 Å². The fourth-order valence-corrected chi connectivity index (χ4v) is 1.49. The van der Waals surface area contributed by atoms with E-state index in [4.69, 9.17) is 17.3 Å². The smallest absolute Gasteiger partial charge is 0.157 e. The SMILES string of the molecule is CC(N)Cc1nc2cccc(Cl)n2n1. The van der Waals surface area contributed by atoms with Crippen molar-refractivity contribution in [2.45, 2.75) is 19.4 Å². The summed E-state index contributed by atoms with van der Waals surface area (Å²) >= 11 is 5.94. The second-order valence-corrected chi connectivity index (χ2v) is 3.72. The molecule has 2 aromatic heterocycles. The Bertz CT molecular complexity index is 449. The van der Waals surface area contributed by atoms with Crippen LogP contribution in [0.5, 0.6) is 0 Å². The Balaban J connectivity index is 2.46. The van der Waals surface area contributed by atoms with E-state index in [9.17, 15) is 0 Å². The number of aromatic nitrogens is 3. The molecule has 2 aromatic rings. The molecular weight excluding hydrogens is 200 g/mol. The second kappa shape index (κ2) is 3.55. The van der Waals surface area contributed by atoms with Crippen LogP contribution >= 0.6 is 11.6 Å². The van der Waals surface area contributed by atoms with Gasteiger partial charge in [0, 0.05) is 12.5 Å². The minimum absolute atomic E-state index is 0.0613. The lowest BCUT2D eigenvalue weighted by Gasteiger charge is -1.97. The van der Waals surface area contributed by atoms with Gasteiger partial charge in [0.05, 0.1) is 0 Å².